The third-order valence-electron chi connectivity index (χ3n) is 7.29. The molecule has 0 spiro atoms. The lowest BCUT2D eigenvalue weighted by atomic mass is 9.47. The molecule has 8 heteroatoms. The summed E-state index contributed by atoms with van der Waals surface area (Å²) in [5.41, 5.74) is 0.705. The zero-order chi connectivity index (χ0) is 21.3. The number of carbonyl (C=O) groups is 1. The van der Waals surface area contributed by atoms with E-state index in [-0.39, 0.29) is 10.6 Å². The molecule has 6 nitrogen and oxygen atoms in total. The second kappa shape index (κ2) is 6.82. The molecule has 0 aliphatic heterocycles. The van der Waals surface area contributed by atoms with Crippen molar-refractivity contribution in [2.75, 3.05) is 5.32 Å². The Morgan fingerprint density at radius 2 is 2.00 bits per heavy atom. The first-order valence-corrected chi connectivity index (χ1v) is 11.4. The van der Waals surface area contributed by atoms with Crippen molar-refractivity contribution >= 4 is 44.9 Å². The summed E-state index contributed by atoms with van der Waals surface area (Å²) in [5.74, 6) is -0.0687. The SMILES string of the molecule is Cc1cc(Nc2cnn(C34CC5CC(CC(C(=O)O)(C5)C3)C4)c(=O)c2Cl)ccc1Br. The smallest absolute Gasteiger partial charge is 0.309 e. The van der Waals surface area contributed by atoms with Gasteiger partial charge in [0.05, 0.1) is 22.8 Å². The summed E-state index contributed by atoms with van der Waals surface area (Å²) in [6.45, 7) is 1.98. The van der Waals surface area contributed by atoms with Gasteiger partial charge in [-0.1, -0.05) is 27.5 Å². The van der Waals surface area contributed by atoms with Crippen LogP contribution >= 0.6 is 27.5 Å². The number of benzene rings is 1. The third kappa shape index (κ3) is 3.01. The summed E-state index contributed by atoms with van der Waals surface area (Å²) in [4.78, 5) is 25.4. The zero-order valence-electron chi connectivity index (χ0n) is 16.6. The first-order valence-electron chi connectivity index (χ1n) is 10.3. The van der Waals surface area contributed by atoms with Crippen LogP contribution in [0.4, 0.5) is 11.4 Å². The van der Waals surface area contributed by atoms with Gasteiger partial charge in [-0.2, -0.15) is 5.10 Å². The lowest BCUT2D eigenvalue weighted by Crippen LogP contribution is -2.61. The van der Waals surface area contributed by atoms with Gasteiger partial charge >= 0.3 is 5.97 Å². The minimum atomic E-state index is -0.733. The van der Waals surface area contributed by atoms with Crippen LogP contribution in [0.2, 0.25) is 5.02 Å². The summed E-state index contributed by atoms with van der Waals surface area (Å²) in [5, 5.41) is 17.8. The Hall–Kier alpha value is -1.86. The van der Waals surface area contributed by atoms with Crippen molar-refractivity contribution in [3.63, 3.8) is 0 Å². The van der Waals surface area contributed by atoms with Gasteiger partial charge < -0.3 is 10.4 Å². The number of hydrogen-bond acceptors (Lipinski definition) is 4. The van der Waals surface area contributed by atoms with Crippen LogP contribution in [0.3, 0.4) is 0 Å². The van der Waals surface area contributed by atoms with Crippen molar-refractivity contribution in [2.45, 2.75) is 51.0 Å². The Labute approximate surface area is 187 Å². The number of aromatic nitrogens is 2. The summed E-state index contributed by atoms with van der Waals surface area (Å²) in [6.07, 6.45) is 6.15. The molecule has 1 aromatic heterocycles. The summed E-state index contributed by atoms with van der Waals surface area (Å²) < 4.78 is 2.50. The molecular weight excluding hydrogens is 470 g/mol. The van der Waals surface area contributed by atoms with Crippen LogP contribution in [0.25, 0.3) is 0 Å². The van der Waals surface area contributed by atoms with E-state index < -0.39 is 16.9 Å². The molecule has 2 unspecified atom stereocenters. The molecule has 0 amide bonds. The van der Waals surface area contributed by atoms with Crippen LogP contribution in [0.1, 0.15) is 44.1 Å². The minimum Gasteiger partial charge on any atom is -0.481 e. The van der Waals surface area contributed by atoms with E-state index in [2.05, 4.69) is 26.3 Å². The van der Waals surface area contributed by atoms with Crippen LogP contribution < -0.4 is 10.9 Å². The van der Waals surface area contributed by atoms with E-state index in [1.165, 1.54) is 4.68 Å². The largest absolute Gasteiger partial charge is 0.481 e. The lowest BCUT2D eigenvalue weighted by Gasteiger charge is -2.60. The Morgan fingerprint density at radius 3 is 2.63 bits per heavy atom. The van der Waals surface area contributed by atoms with Gasteiger partial charge in [-0.25, -0.2) is 4.68 Å². The van der Waals surface area contributed by atoms with Crippen molar-refractivity contribution in [1.29, 1.82) is 0 Å². The van der Waals surface area contributed by atoms with E-state index >= 15 is 0 Å². The molecule has 4 aliphatic carbocycles. The van der Waals surface area contributed by atoms with E-state index in [1.54, 1.807) is 6.20 Å². The molecular formula is C22H23BrClN3O3. The summed E-state index contributed by atoms with van der Waals surface area (Å²) >= 11 is 9.98. The molecule has 4 saturated carbocycles. The number of halogens is 2. The lowest BCUT2D eigenvalue weighted by molar-refractivity contribution is -0.173. The predicted octanol–water partition coefficient (Wildman–Crippen LogP) is 5.09. The highest BCUT2D eigenvalue weighted by atomic mass is 79.9. The molecule has 1 heterocycles. The van der Waals surface area contributed by atoms with Gasteiger partial charge in [0.25, 0.3) is 5.56 Å². The molecule has 1 aromatic carbocycles. The average Bonchev–Trinajstić information content (AvgIpc) is 2.67. The Bertz CT molecular complexity index is 1100. The van der Waals surface area contributed by atoms with E-state index in [0.29, 0.717) is 36.8 Å². The standard InChI is InChI=1S/C22H23BrClN3O3/c1-12-4-15(2-3-16(12)23)26-17-10-25-27(19(28)18(17)24)22-8-13-5-14(9-22)7-21(6-13,11-22)20(29)30/h2-4,10,13-14,26H,5-9,11H2,1H3,(H,29,30). The van der Waals surface area contributed by atoms with Crippen LogP contribution in [0, 0.1) is 24.2 Å². The van der Waals surface area contributed by atoms with Crippen LogP contribution in [-0.4, -0.2) is 20.9 Å². The Morgan fingerprint density at radius 1 is 1.30 bits per heavy atom. The molecule has 158 valence electrons. The fourth-order valence-electron chi connectivity index (χ4n) is 6.45. The topological polar surface area (TPSA) is 84.2 Å². The van der Waals surface area contributed by atoms with Crippen molar-refractivity contribution in [1.82, 2.24) is 9.78 Å². The zero-order valence-corrected chi connectivity index (χ0v) is 19.0. The van der Waals surface area contributed by atoms with E-state index in [4.69, 9.17) is 11.6 Å². The molecule has 0 radical (unpaired) electrons. The monoisotopic (exact) mass is 491 g/mol. The number of rotatable bonds is 4. The maximum Gasteiger partial charge on any atom is 0.309 e. The number of anilines is 2. The van der Waals surface area contributed by atoms with Crippen molar-refractivity contribution in [2.24, 2.45) is 17.3 Å². The predicted molar refractivity (Wildman–Crippen MR) is 118 cm³/mol. The quantitative estimate of drug-likeness (QED) is 0.621. The van der Waals surface area contributed by atoms with Crippen LogP contribution in [-0.2, 0) is 10.3 Å². The highest BCUT2D eigenvalue weighted by molar-refractivity contribution is 9.10. The van der Waals surface area contributed by atoms with E-state index in [0.717, 1.165) is 35.0 Å². The van der Waals surface area contributed by atoms with Gasteiger partial charge in [0.2, 0.25) is 0 Å². The fraction of sp³-hybridized carbons (Fsp3) is 0.500. The van der Waals surface area contributed by atoms with Gasteiger partial charge in [0.1, 0.15) is 5.02 Å². The molecule has 2 aromatic rings. The summed E-state index contributed by atoms with van der Waals surface area (Å²) in [6, 6.07) is 5.79. The molecule has 4 fully saturated rings. The first-order chi connectivity index (χ1) is 14.2. The molecule has 2 atom stereocenters. The number of carboxylic acids is 1. The van der Waals surface area contributed by atoms with Crippen molar-refractivity contribution < 1.29 is 9.90 Å². The molecule has 6 rings (SSSR count). The normalized spacial score (nSPS) is 31.7. The fourth-order valence-corrected chi connectivity index (χ4v) is 6.87. The molecule has 4 bridgehead atoms. The Kier molecular flexibility index (Phi) is 4.56. The highest BCUT2D eigenvalue weighted by Gasteiger charge is 2.62. The molecule has 4 aliphatic rings. The molecule has 30 heavy (non-hydrogen) atoms. The number of carboxylic acid groups (broad SMARTS) is 1. The second-order valence-electron chi connectivity index (χ2n) is 9.45. The van der Waals surface area contributed by atoms with Crippen molar-refractivity contribution in [3.8, 4) is 0 Å². The number of aryl methyl sites for hydroxylation is 1. The third-order valence-corrected chi connectivity index (χ3v) is 8.54. The number of aliphatic carboxylic acids is 1. The van der Waals surface area contributed by atoms with Gasteiger partial charge in [0, 0.05) is 10.2 Å². The van der Waals surface area contributed by atoms with Gasteiger partial charge in [-0.3, -0.25) is 9.59 Å². The number of hydrogen-bond donors (Lipinski definition) is 2. The first kappa shape index (κ1) is 20.1. The second-order valence-corrected chi connectivity index (χ2v) is 10.7. The summed E-state index contributed by atoms with van der Waals surface area (Å²) in [7, 11) is 0. The Balaban J connectivity index is 1.52. The molecule has 2 N–H and O–H groups in total. The van der Waals surface area contributed by atoms with Gasteiger partial charge in [-0.15, -0.1) is 0 Å². The maximum absolute atomic E-state index is 13.3. The average molecular weight is 493 g/mol. The van der Waals surface area contributed by atoms with Gasteiger partial charge in [0.15, 0.2) is 0 Å². The number of nitrogens with one attached hydrogen (secondary N) is 1. The minimum absolute atomic E-state index is 0.0886. The maximum atomic E-state index is 13.3. The van der Waals surface area contributed by atoms with Crippen LogP contribution in [0.5, 0.6) is 0 Å². The van der Waals surface area contributed by atoms with E-state index in [9.17, 15) is 14.7 Å². The van der Waals surface area contributed by atoms with Crippen LogP contribution in [0.15, 0.2) is 33.7 Å². The number of nitrogens with zero attached hydrogens (tertiary/aromatic N) is 2. The van der Waals surface area contributed by atoms with E-state index in [1.807, 2.05) is 25.1 Å². The molecule has 0 saturated heterocycles. The van der Waals surface area contributed by atoms with Crippen molar-refractivity contribution in [3.05, 3.63) is 49.8 Å². The van der Waals surface area contributed by atoms with Gasteiger partial charge in [-0.05, 0) is 81.0 Å². The highest BCUT2D eigenvalue weighted by Crippen LogP contribution is 2.63.